The lowest BCUT2D eigenvalue weighted by atomic mass is 9.92. The lowest BCUT2D eigenvalue weighted by molar-refractivity contribution is -0.171. The van der Waals surface area contributed by atoms with E-state index in [1.165, 1.54) is 0 Å². The average Bonchev–Trinajstić information content (AvgIpc) is 3.30. The van der Waals surface area contributed by atoms with Crippen molar-refractivity contribution in [2.75, 3.05) is 66.9 Å². The van der Waals surface area contributed by atoms with Crippen molar-refractivity contribution >= 4 is 41.8 Å². The Morgan fingerprint density at radius 3 is 0.647 bits per heavy atom. The number of rotatable bonds is 48. The van der Waals surface area contributed by atoms with E-state index in [2.05, 4.69) is 0 Å². The van der Waals surface area contributed by atoms with Gasteiger partial charge in [-0.15, -0.1) is 0 Å². The maximum Gasteiger partial charge on any atom is 0.305 e. The fraction of sp³-hybridized carbons (Fsp3) is 0.868. The van der Waals surface area contributed by atoms with Crippen molar-refractivity contribution in [1.29, 1.82) is 0 Å². The third-order valence-electron chi connectivity index (χ3n) is 11.6. The molecule has 0 fully saturated rings. The second kappa shape index (κ2) is 45.7. The molecule has 0 N–H and O–H groups in total. The number of hydrogen-bond donors (Lipinski definition) is 0. The van der Waals surface area contributed by atoms with E-state index in [0.717, 1.165) is 135 Å². The smallest absolute Gasteiger partial charge is 0.305 e. The molecule has 0 aromatic heterocycles. The van der Waals surface area contributed by atoms with Gasteiger partial charge in [-0.05, 0) is 86.4 Å². The highest BCUT2D eigenvalue weighted by Crippen LogP contribution is 2.24. The van der Waals surface area contributed by atoms with Gasteiger partial charge in [-0.1, -0.05) is 116 Å². The van der Waals surface area contributed by atoms with Crippen molar-refractivity contribution in [3.63, 3.8) is 0 Å². The zero-order valence-corrected chi connectivity index (χ0v) is 43.4. The Kier molecular flexibility index (Phi) is 43.2. The van der Waals surface area contributed by atoms with Crippen LogP contribution in [0.4, 0.5) is 0 Å². The standard InChI is InChI=1S/C53H95NO14/c1-6-62-46(55)34-27-21-15-9-12-18-24-30-37-49(58)65-42-53(45-68-52(61)40-33-41-54(4)5,43-66-50(59)38-31-25-19-13-10-16-22-28-35-47(56)63-7-2)44-67-51(60)39-32-26-20-14-11-17-23-29-36-48(57)64-8-3/h6-45H2,1-5H3. The molecule has 0 aromatic carbocycles. The SMILES string of the molecule is CCOC(=O)CCCCCCCCCCC(=O)OCC(COC(=O)CCCCCCCCCCC(=O)OCC)(COC(=O)CCCCCCCCCCC(=O)OCC)COC(=O)CCCN(C)C. The van der Waals surface area contributed by atoms with Gasteiger partial charge in [-0.3, -0.25) is 33.6 Å². The topological polar surface area (TPSA) is 187 Å². The van der Waals surface area contributed by atoms with Crippen LogP contribution >= 0.6 is 0 Å². The van der Waals surface area contributed by atoms with Gasteiger partial charge in [0.2, 0.25) is 0 Å². The molecule has 0 aliphatic carbocycles. The zero-order chi connectivity index (χ0) is 50.4. The third kappa shape index (κ3) is 42.4. The van der Waals surface area contributed by atoms with E-state index in [4.69, 9.17) is 33.2 Å². The van der Waals surface area contributed by atoms with Crippen LogP contribution in [0, 0.1) is 5.41 Å². The summed E-state index contributed by atoms with van der Waals surface area (Å²) in [6, 6.07) is 0. The Morgan fingerprint density at radius 1 is 0.279 bits per heavy atom. The number of carbonyl (C=O) groups is 7. The van der Waals surface area contributed by atoms with Crippen molar-refractivity contribution in [2.45, 2.75) is 226 Å². The summed E-state index contributed by atoms with van der Waals surface area (Å²) in [5.74, 6) is -2.17. The van der Waals surface area contributed by atoms with Crippen LogP contribution in [0.15, 0.2) is 0 Å². The molecular formula is C53H95NO14. The van der Waals surface area contributed by atoms with Crippen LogP contribution in [-0.2, 0) is 66.7 Å². The minimum atomic E-state index is -1.30. The second-order valence-corrected chi connectivity index (χ2v) is 18.4. The fourth-order valence-corrected chi connectivity index (χ4v) is 7.51. The van der Waals surface area contributed by atoms with Crippen LogP contribution in [0.25, 0.3) is 0 Å². The van der Waals surface area contributed by atoms with Crippen LogP contribution in [0.5, 0.6) is 0 Å². The summed E-state index contributed by atoms with van der Waals surface area (Å²) in [5, 5.41) is 0. The molecule has 0 aliphatic rings. The lowest BCUT2D eigenvalue weighted by Gasteiger charge is -2.31. The molecule has 0 amide bonds. The van der Waals surface area contributed by atoms with Gasteiger partial charge >= 0.3 is 41.8 Å². The quantitative estimate of drug-likeness (QED) is 0.0318. The van der Waals surface area contributed by atoms with Crippen LogP contribution < -0.4 is 0 Å². The van der Waals surface area contributed by atoms with Crippen molar-refractivity contribution < 1.29 is 66.7 Å². The molecule has 15 heteroatoms. The third-order valence-corrected chi connectivity index (χ3v) is 11.6. The van der Waals surface area contributed by atoms with E-state index >= 15 is 0 Å². The Labute approximate surface area is 410 Å². The predicted molar refractivity (Wildman–Crippen MR) is 262 cm³/mol. The highest BCUT2D eigenvalue weighted by Gasteiger charge is 2.38. The molecule has 0 heterocycles. The van der Waals surface area contributed by atoms with Gasteiger partial charge in [0.25, 0.3) is 0 Å². The number of ether oxygens (including phenoxy) is 7. The molecule has 0 rings (SSSR count). The summed E-state index contributed by atoms with van der Waals surface area (Å²) in [6.45, 7) is 6.28. The van der Waals surface area contributed by atoms with E-state index in [-0.39, 0.29) is 70.0 Å². The molecule has 396 valence electrons. The Morgan fingerprint density at radius 2 is 0.456 bits per heavy atom. The summed E-state index contributed by atoms with van der Waals surface area (Å²) in [6.07, 6.45) is 25.0. The van der Waals surface area contributed by atoms with Crippen LogP contribution in [-0.4, -0.2) is 114 Å². The summed E-state index contributed by atoms with van der Waals surface area (Å²) in [4.78, 5) is 88.8. The van der Waals surface area contributed by atoms with E-state index in [1.54, 1.807) is 20.8 Å². The highest BCUT2D eigenvalue weighted by atomic mass is 16.6. The molecule has 0 aliphatic heterocycles. The van der Waals surface area contributed by atoms with Crippen LogP contribution in [0.3, 0.4) is 0 Å². The van der Waals surface area contributed by atoms with Crippen LogP contribution in [0.2, 0.25) is 0 Å². The van der Waals surface area contributed by atoms with Crippen molar-refractivity contribution in [3.05, 3.63) is 0 Å². The van der Waals surface area contributed by atoms with E-state index < -0.39 is 29.3 Å². The first-order valence-corrected chi connectivity index (χ1v) is 26.6. The Balaban J connectivity index is 5.34. The first-order chi connectivity index (χ1) is 32.9. The molecule has 15 nitrogen and oxygen atoms in total. The molecule has 0 saturated carbocycles. The molecule has 0 unspecified atom stereocenters. The summed E-state index contributed by atoms with van der Waals surface area (Å²) in [7, 11) is 3.84. The van der Waals surface area contributed by atoms with E-state index in [1.807, 2.05) is 19.0 Å². The maximum atomic E-state index is 13.1. The number of nitrogens with zero attached hydrogens (tertiary/aromatic N) is 1. The number of hydrogen-bond acceptors (Lipinski definition) is 15. The molecule has 0 spiro atoms. The summed E-state index contributed by atoms with van der Waals surface area (Å²) in [5.41, 5.74) is -1.30. The fourth-order valence-electron chi connectivity index (χ4n) is 7.51. The minimum absolute atomic E-state index is 0.146. The van der Waals surface area contributed by atoms with Gasteiger partial charge < -0.3 is 38.1 Å². The van der Waals surface area contributed by atoms with Gasteiger partial charge in [-0.2, -0.15) is 0 Å². The lowest BCUT2D eigenvalue weighted by Crippen LogP contribution is -2.44. The van der Waals surface area contributed by atoms with Gasteiger partial charge in [0, 0.05) is 44.9 Å². The number of unbranched alkanes of at least 4 members (excludes halogenated alkanes) is 21. The zero-order valence-electron chi connectivity index (χ0n) is 43.4. The molecule has 0 atom stereocenters. The summed E-state index contributed by atoms with van der Waals surface area (Å²) < 4.78 is 38.0. The maximum absolute atomic E-state index is 13.1. The Bertz CT molecular complexity index is 1190. The first-order valence-electron chi connectivity index (χ1n) is 26.6. The largest absolute Gasteiger partial charge is 0.466 e. The second-order valence-electron chi connectivity index (χ2n) is 18.4. The van der Waals surface area contributed by atoms with E-state index in [0.29, 0.717) is 71.3 Å². The highest BCUT2D eigenvalue weighted by molar-refractivity contribution is 5.71. The van der Waals surface area contributed by atoms with Gasteiger partial charge in [0.1, 0.15) is 31.8 Å². The number of esters is 7. The monoisotopic (exact) mass is 970 g/mol. The van der Waals surface area contributed by atoms with Gasteiger partial charge in [-0.25, -0.2) is 0 Å². The van der Waals surface area contributed by atoms with Gasteiger partial charge in [0.15, 0.2) is 0 Å². The van der Waals surface area contributed by atoms with Crippen molar-refractivity contribution in [3.8, 4) is 0 Å². The predicted octanol–water partition coefficient (Wildman–Crippen LogP) is 10.9. The molecule has 68 heavy (non-hydrogen) atoms. The molecule has 0 bridgehead atoms. The Hall–Kier alpha value is -3.75. The van der Waals surface area contributed by atoms with E-state index in [9.17, 15) is 33.6 Å². The minimum Gasteiger partial charge on any atom is -0.466 e. The average molecular weight is 970 g/mol. The van der Waals surface area contributed by atoms with Crippen molar-refractivity contribution in [1.82, 2.24) is 4.90 Å². The molecule has 0 aromatic rings. The number of carbonyl (C=O) groups excluding carboxylic acids is 7. The molecule has 0 radical (unpaired) electrons. The molecule has 0 saturated heterocycles. The van der Waals surface area contributed by atoms with Crippen LogP contribution in [0.1, 0.15) is 226 Å². The summed E-state index contributed by atoms with van der Waals surface area (Å²) >= 11 is 0. The first kappa shape index (κ1) is 64.2. The molecular weight excluding hydrogens is 875 g/mol. The van der Waals surface area contributed by atoms with Gasteiger partial charge in [0.05, 0.1) is 19.8 Å². The van der Waals surface area contributed by atoms with Crippen molar-refractivity contribution in [2.24, 2.45) is 5.41 Å². The normalized spacial score (nSPS) is 11.3.